The highest BCUT2D eigenvalue weighted by atomic mass is 127. The third-order valence-electron chi connectivity index (χ3n) is 1.67. The highest BCUT2D eigenvalue weighted by molar-refractivity contribution is 14.1. The van der Waals surface area contributed by atoms with Gasteiger partial charge in [0.1, 0.15) is 7.40 Å². The molecule has 0 spiro atoms. The summed E-state index contributed by atoms with van der Waals surface area (Å²) >= 11 is 4.10. The van der Waals surface area contributed by atoms with Crippen LogP contribution >= 0.6 is 45.2 Å². The van der Waals surface area contributed by atoms with Crippen LogP contribution in [0.5, 0.6) is 0 Å². The van der Waals surface area contributed by atoms with Gasteiger partial charge < -0.3 is 14.8 Å². The van der Waals surface area contributed by atoms with E-state index >= 15 is 0 Å². The van der Waals surface area contributed by atoms with Crippen molar-refractivity contribution in [3.63, 3.8) is 0 Å². The molecule has 0 radical (unpaired) electrons. The predicted octanol–water partition coefficient (Wildman–Crippen LogP) is 0.928. The van der Waals surface area contributed by atoms with Gasteiger partial charge in [-0.2, -0.15) is 0 Å². The summed E-state index contributed by atoms with van der Waals surface area (Å²) in [5.74, 6) is -1.24. The molecule has 0 fully saturated rings. The summed E-state index contributed by atoms with van der Waals surface area (Å²) < 4.78 is 3.23. The molecule has 0 bridgehead atoms. The lowest BCUT2D eigenvalue weighted by atomic mass is 10.1. The number of rotatable bonds is 3. The number of aromatic nitrogens is 2. The highest BCUT2D eigenvalue weighted by Crippen LogP contribution is 2.16. The standard InChI is InChI=1S/C7H8I2N2O3/c1-7(14,6(12)13)2-11-3-10-4(8)5(11)9/h3,14H,2H2,1H3,(H,12,13). The minimum absolute atomic E-state index is 0.00336. The molecule has 0 aliphatic rings. The van der Waals surface area contributed by atoms with E-state index in [0.29, 0.717) is 0 Å². The smallest absolute Gasteiger partial charge is 0.337 e. The summed E-state index contributed by atoms with van der Waals surface area (Å²) in [5, 5.41) is 18.2. The molecule has 1 atom stereocenters. The Morgan fingerprint density at radius 3 is 2.64 bits per heavy atom. The molecule has 1 aromatic heterocycles. The van der Waals surface area contributed by atoms with Crippen LogP contribution in [0.3, 0.4) is 0 Å². The summed E-state index contributed by atoms with van der Waals surface area (Å²) in [6, 6.07) is 0. The molecule has 0 aromatic carbocycles. The van der Waals surface area contributed by atoms with Crippen molar-refractivity contribution < 1.29 is 15.0 Å². The average molecular weight is 422 g/mol. The fourth-order valence-corrected chi connectivity index (χ4v) is 1.72. The van der Waals surface area contributed by atoms with Gasteiger partial charge in [0.25, 0.3) is 0 Å². The molecular weight excluding hydrogens is 414 g/mol. The Morgan fingerprint density at radius 2 is 2.29 bits per heavy atom. The number of nitrogens with zero attached hydrogens (tertiary/aromatic N) is 2. The van der Waals surface area contributed by atoms with Crippen molar-refractivity contribution in [3.8, 4) is 0 Å². The second kappa shape index (κ2) is 4.31. The molecule has 0 saturated heterocycles. The van der Waals surface area contributed by atoms with Crippen LogP contribution in [-0.4, -0.2) is 31.3 Å². The molecule has 0 saturated carbocycles. The van der Waals surface area contributed by atoms with E-state index in [4.69, 9.17) is 5.11 Å². The van der Waals surface area contributed by atoms with Crippen LogP contribution in [0.1, 0.15) is 6.92 Å². The molecule has 0 aliphatic heterocycles. The maximum absolute atomic E-state index is 10.7. The number of hydrogen-bond acceptors (Lipinski definition) is 3. The zero-order chi connectivity index (χ0) is 10.9. The van der Waals surface area contributed by atoms with Crippen molar-refractivity contribution in [2.24, 2.45) is 0 Å². The first kappa shape index (κ1) is 12.2. The molecule has 0 amide bonds. The van der Waals surface area contributed by atoms with Crippen molar-refractivity contribution in [2.45, 2.75) is 19.1 Å². The maximum Gasteiger partial charge on any atom is 0.337 e. The lowest BCUT2D eigenvalue weighted by Gasteiger charge is -2.18. The number of aliphatic hydroxyl groups is 1. The van der Waals surface area contributed by atoms with Gasteiger partial charge >= 0.3 is 5.97 Å². The van der Waals surface area contributed by atoms with E-state index in [1.807, 2.05) is 22.6 Å². The first-order chi connectivity index (χ1) is 6.34. The normalized spacial score (nSPS) is 15.1. The summed E-state index contributed by atoms with van der Waals surface area (Å²) in [7, 11) is 0. The van der Waals surface area contributed by atoms with Crippen LogP contribution in [-0.2, 0) is 11.3 Å². The Kier molecular flexibility index (Phi) is 3.75. The summed E-state index contributed by atoms with van der Waals surface area (Å²) in [6.45, 7) is 1.26. The Morgan fingerprint density at radius 1 is 1.71 bits per heavy atom. The number of imidazole rings is 1. The number of halogens is 2. The molecule has 1 aromatic rings. The predicted molar refractivity (Wildman–Crippen MR) is 65.9 cm³/mol. The zero-order valence-electron chi connectivity index (χ0n) is 7.24. The van der Waals surface area contributed by atoms with Crippen molar-refractivity contribution in [3.05, 3.63) is 13.7 Å². The quantitative estimate of drug-likeness (QED) is 0.712. The Balaban J connectivity index is 2.89. The third kappa shape index (κ3) is 2.57. The molecule has 5 nitrogen and oxygen atoms in total. The van der Waals surface area contributed by atoms with Crippen LogP contribution in [0.25, 0.3) is 0 Å². The topological polar surface area (TPSA) is 75.3 Å². The highest BCUT2D eigenvalue weighted by Gasteiger charge is 2.31. The van der Waals surface area contributed by atoms with Crippen molar-refractivity contribution in [2.75, 3.05) is 0 Å². The fraction of sp³-hybridized carbons (Fsp3) is 0.429. The maximum atomic E-state index is 10.7. The average Bonchev–Trinajstić information content (AvgIpc) is 2.35. The van der Waals surface area contributed by atoms with Crippen molar-refractivity contribution in [1.82, 2.24) is 9.55 Å². The summed E-state index contributed by atoms with van der Waals surface area (Å²) in [6.07, 6.45) is 1.51. The first-order valence-electron chi connectivity index (χ1n) is 3.66. The van der Waals surface area contributed by atoms with Crippen LogP contribution in [0, 0.1) is 7.40 Å². The first-order valence-corrected chi connectivity index (χ1v) is 5.82. The minimum atomic E-state index is -1.76. The Labute approximate surface area is 108 Å². The monoisotopic (exact) mass is 422 g/mol. The van der Waals surface area contributed by atoms with E-state index < -0.39 is 11.6 Å². The molecule has 1 heterocycles. The number of carboxylic acid groups (broad SMARTS) is 1. The second-order valence-corrected chi connectivity index (χ2v) is 5.08. The van der Waals surface area contributed by atoms with Gasteiger partial charge in [-0.25, -0.2) is 9.78 Å². The second-order valence-electron chi connectivity index (χ2n) is 3.03. The molecule has 1 rings (SSSR count). The van der Waals surface area contributed by atoms with Gasteiger partial charge in [0.15, 0.2) is 5.60 Å². The molecule has 0 aliphatic carbocycles. The molecule has 7 heteroatoms. The minimum Gasteiger partial charge on any atom is -0.479 e. The largest absolute Gasteiger partial charge is 0.479 e. The SMILES string of the molecule is CC(O)(Cn1cnc(I)c1I)C(=O)O. The van der Waals surface area contributed by atoms with Gasteiger partial charge in [-0.15, -0.1) is 0 Å². The van der Waals surface area contributed by atoms with E-state index in [-0.39, 0.29) is 6.54 Å². The summed E-state index contributed by atoms with van der Waals surface area (Å²) in [4.78, 5) is 14.7. The number of aliphatic carboxylic acids is 1. The van der Waals surface area contributed by atoms with E-state index in [9.17, 15) is 9.90 Å². The molecule has 78 valence electrons. The van der Waals surface area contributed by atoms with E-state index in [2.05, 4.69) is 27.6 Å². The van der Waals surface area contributed by atoms with Crippen LogP contribution < -0.4 is 0 Å². The number of carboxylic acids is 1. The lowest BCUT2D eigenvalue weighted by molar-refractivity contribution is -0.157. The van der Waals surface area contributed by atoms with Gasteiger partial charge in [-0.1, -0.05) is 0 Å². The Bertz CT molecular complexity index is 362. The van der Waals surface area contributed by atoms with Crippen LogP contribution in [0.15, 0.2) is 6.33 Å². The van der Waals surface area contributed by atoms with Crippen LogP contribution in [0.2, 0.25) is 0 Å². The van der Waals surface area contributed by atoms with Crippen molar-refractivity contribution in [1.29, 1.82) is 0 Å². The van der Waals surface area contributed by atoms with Gasteiger partial charge in [-0.3, -0.25) is 0 Å². The third-order valence-corrected chi connectivity index (χ3v) is 4.62. The molecule has 1 unspecified atom stereocenters. The summed E-state index contributed by atoms with van der Waals surface area (Å²) in [5.41, 5.74) is -1.76. The zero-order valence-corrected chi connectivity index (χ0v) is 11.6. The van der Waals surface area contributed by atoms with Gasteiger partial charge in [0, 0.05) is 0 Å². The van der Waals surface area contributed by atoms with Gasteiger partial charge in [-0.05, 0) is 52.1 Å². The van der Waals surface area contributed by atoms with E-state index in [1.165, 1.54) is 13.3 Å². The van der Waals surface area contributed by atoms with Crippen molar-refractivity contribution >= 4 is 51.2 Å². The van der Waals surface area contributed by atoms with Crippen LogP contribution in [0.4, 0.5) is 0 Å². The van der Waals surface area contributed by atoms with Gasteiger partial charge in [0.2, 0.25) is 0 Å². The lowest BCUT2D eigenvalue weighted by Crippen LogP contribution is -2.39. The molecule has 2 N–H and O–H groups in total. The number of hydrogen-bond donors (Lipinski definition) is 2. The Hall–Kier alpha value is 0.1000. The fourth-order valence-electron chi connectivity index (χ4n) is 0.852. The number of carbonyl (C=O) groups is 1. The molecular formula is C7H8I2N2O3. The van der Waals surface area contributed by atoms with E-state index in [1.54, 1.807) is 4.57 Å². The van der Waals surface area contributed by atoms with Gasteiger partial charge in [0.05, 0.1) is 12.9 Å². The van der Waals surface area contributed by atoms with E-state index in [0.717, 1.165) is 7.40 Å². The molecule has 14 heavy (non-hydrogen) atoms.